The van der Waals surface area contributed by atoms with Gasteiger partial charge in [0, 0.05) is 5.02 Å². The first-order valence-electron chi connectivity index (χ1n) is 6.36. The summed E-state index contributed by atoms with van der Waals surface area (Å²) in [6.45, 7) is 3.47. The van der Waals surface area contributed by atoms with E-state index in [1.807, 2.05) is 13.0 Å². The zero-order valence-corrected chi connectivity index (χ0v) is 12.4. The number of halogens is 1. The molecule has 110 valence electrons. The molecule has 1 aromatic heterocycles. The van der Waals surface area contributed by atoms with Gasteiger partial charge in [-0.3, -0.25) is 4.79 Å². The van der Waals surface area contributed by atoms with Gasteiger partial charge in [-0.15, -0.1) is 0 Å². The van der Waals surface area contributed by atoms with E-state index >= 15 is 0 Å². The van der Waals surface area contributed by atoms with Gasteiger partial charge in [0.05, 0.1) is 6.21 Å². The summed E-state index contributed by atoms with van der Waals surface area (Å²) in [4.78, 5) is 11.8. The molecule has 0 saturated carbocycles. The Morgan fingerprint density at radius 1 is 1.33 bits per heavy atom. The topological polar surface area (TPSA) is 63.8 Å². The average molecular weight is 307 g/mol. The molecular formula is C15H15ClN2O3. The second kappa shape index (κ2) is 6.95. The third kappa shape index (κ3) is 4.65. The third-order valence-corrected chi connectivity index (χ3v) is 2.88. The minimum atomic E-state index is -0.679. The van der Waals surface area contributed by atoms with Crippen molar-refractivity contribution in [2.75, 3.05) is 0 Å². The molecule has 5 nitrogen and oxygen atoms in total. The number of hydrogen-bond acceptors (Lipinski definition) is 4. The van der Waals surface area contributed by atoms with Crippen LogP contribution in [-0.4, -0.2) is 18.2 Å². The van der Waals surface area contributed by atoms with Gasteiger partial charge in [-0.05, 0) is 50.2 Å². The lowest BCUT2D eigenvalue weighted by Crippen LogP contribution is -2.33. The first-order chi connectivity index (χ1) is 10.0. The van der Waals surface area contributed by atoms with Crippen LogP contribution in [0.2, 0.25) is 5.02 Å². The Balaban J connectivity index is 1.85. The van der Waals surface area contributed by atoms with Crippen LogP contribution in [0.15, 0.2) is 45.9 Å². The lowest BCUT2D eigenvalue weighted by Gasteiger charge is -2.12. The number of furan rings is 1. The lowest BCUT2D eigenvalue weighted by molar-refractivity contribution is -0.127. The first-order valence-corrected chi connectivity index (χ1v) is 6.74. The molecule has 6 heteroatoms. The Morgan fingerprint density at radius 3 is 2.67 bits per heavy atom. The van der Waals surface area contributed by atoms with Crippen molar-refractivity contribution in [2.45, 2.75) is 20.0 Å². The van der Waals surface area contributed by atoms with E-state index < -0.39 is 6.10 Å². The molecule has 0 fully saturated rings. The van der Waals surface area contributed by atoms with E-state index in [9.17, 15) is 4.79 Å². The molecule has 21 heavy (non-hydrogen) atoms. The second-order valence-corrected chi connectivity index (χ2v) is 4.83. The van der Waals surface area contributed by atoms with Crippen molar-refractivity contribution >= 4 is 23.7 Å². The number of hydrazone groups is 1. The largest absolute Gasteiger partial charge is 0.481 e. The van der Waals surface area contributed by atoms with Crippen LogP contribution in [-0.2, 0) is 4.79 Å². The summed E-state index contributed by atoms with van der Waals surface area (Å²) in [5, 5.41) is 4.42. The van der Waals surface area contributed by atoms with Crippen molar-refractivity contribution in [1.29, 1.82) is 0 Å². The average Bonchev–Trinajstić information content (AvgIpc) is 2.87. The smallest absolute Gasteiger partial charge is 0.280 e. The molecule has 1 amide bonds. The highest BCUT2D eigenvalue weighted by Gasteiger charge is 2.13. The van der Waals surface area contributed by atoms with Crippen LogP contribution < -0.4 is 10.2 Å². The fourth-order valence-electron chi connectivity index (χ4n) is 1.54. The van der Waals surface area contributed by atoms with Crippen molar-refractivity contribution in [3.05, 3.63) is 52.9 Å². The van der Waals surface area contributed by atoms with Crippen LogP contribution >= 0.6 is 11.6 Å². The molecule has 0 radical (unpaired) electrons. The number of ether oxygens (including phenoxy) is 1. The van der Waals surface area contributed by atoms with Gasteiger partial charge in [0.25, 0.3) is 5.91 Å². The maximum absolute atomic E-state index is 11.8. The molecule has 0 spiro atoms. The summed E-state index contributed by atoms with van der Waals surface area (Å²) < 4.78 is 10.8. The summed E-state index contributed by atoms with van der Waals surface area (Å²) in [6, 6.07) is 10.4. The van der Waals surface area contributed by atoms with E-state index in [4.69, 9.17) is 20.8 Å². The predicted octanol–water partition coefficient (Wildman–Crippen LogP) is 3.16. The molecule has 1 N–H and O–H groups in total. The summed E-state index contributed by atoms with van der Waals surface area (Å²) >= 11 is 5.78. The van der Waals surface area contributed by atoms with Crippen LogP contribution in [0.25, 0.3) is 0 Å². The summed E-state index contributed by atoms with van der Waals surface area (Å²) in [6.07, 6.45) is 0.751. The van der Waals surface area contributed by atoms with E-state index in [0.29, 0.717) is 16.5 Å². The fraction of sp³-hybridized carbons (Fsp3) is 0.200. The van der Waals surface area contributed by atoms with Crippen molar-refractivity contribution in [3.8, 4) is 5.75 Å². The van der Waals surface area contributed by atoms with Gasteiger partial charge >= 0.3 is 0 Å². The molecule has 0 bridgehead atoms. The predicted molar refractivity (Wildman–Crippen MR) is 80.7 cm³/mol. The van der Waals surface area contributed by atoms with Crippen molar-refractivity contribution in [1.82, 2.24) is 5.43 Å². The van der Waals surface area contributed by atoms with Gasteiger partial charge in [-0.25, -0.2) is 5.43 Å². The first kappa shape index (κ1) is 15.1. The molecule has 2 aromatic rings. The number of nitrogens with zero attached hydrogens (tertiary/aromatic N) is 1. The highest BCUT2D eigenvalue weighted by atomic mass is 35.5. The fourth-order valence-corrected chi connectivity index (χ4v) is 1.67. The molecule has 0 saturated heterocycles. The minimum absolute atomic E-state index is 0.357. The maximum Gasteiger partial charge on any atom is 0.280 e. The second-order valence-electron chi connectivity index (χ2n) is 4.40. The van der Waals surface area contributed by atoms with E-state index in [0.717, 1.165) is 5.76 Å². The molecule has 1 atom stereocenters. The highest BCUT2D eigenvalue weighted by Crippen LogP contribution is 2.16. The SMILES string of the molecule is Cc1ccc(C=NNC(=O)C(C)Oc2ccc(Cl)cc2)o1. The van der Waals surface area contributed by atoms with E-state index in [1.54, 1.807) is 37.3 Å². The minimum Gasteiger partial charge on any atom is -0.481 e. The number of carbonyl (C=O) groups is 1. The lowest BCUT2D eigenvalue weighted by atomic mass is 10.3. The van der Waals surface area contributed by atoms with Crippen molar-refractivity contribution < 1.29 is 13.9 Å². The van der Waals surface area contributed by atoms with Crippen LogP contribution in [0, 0.1) is 6.92 Å². The van der Waals surface area contributed by atoms with Gasteiger partial charge in [0.15, 0.2) is 6.10 Å². The number of carbonyl (C=O) groups excluding carboxylic acids is 1. The molecule has 2 rings (SSSR count). The third-order valence-electron chi connectivity index (χ3n) is 2.62. The van der Waals surface area contributed by atoms with Gasteiger partial charge in [-0.1, -0.05) is 11.6 Å². The van der Waals surface area contributed by atoms with Gasteiger partial charge in [-0.2, -0.15) is 5.10 Å². The Morgan fingerprint density at radius 2 is 2.05 bits per heavy atom. The van der Waals surface area contributed by atoms with Crippen molar-refractivity contribution in [2.24, 2.45) is 5.10 Å². The van der Waals surface area contributed by atoms with Crippen LogP contribution in [0.3, 0.4) is 0 Å². The number of amides is 1. The Kier molecular flexibility index (Phi) is 5.00. The van der Waals surface area contributed by atoms with E-state index in [1.165, 1.54) is 6.21 Å². The van der Waals surface area contributed by atoms with Crippen LogP contribution in [0.5, 0.6) is 5.75 Å². The molecule has 0 aliphatic heterocycles. The van der Waals surface area contributed by atoms with E-state index in [-0.39, 0.29) is 5.91 Å². The monoisotopic (exact) mass is 306 g/mol. The molecule has 0 aliphatic rings. The molecular weight excluding hydrogens is 292 g/mol. The Labute approximate surface area is 127 Å². The molecule has 1 heterocycles. The van der Waals surface area contributed by atoms with E-state index in [2.05, 4.69) is 10.5 Å². The summed E-state index contributed by atoms with van der Waals surface area (Å²) in [5.74, 6) is 1.55. The highest BCUT2D eigenvalue weighted by molar-refractivity contribution is 6.30. The normalized spacial score (nSPS) is 12.3. The number of benzene rings is 1. The maximum atomic E-state index is 11.8. The molecule has 1 unspecified atom stereocenters. The van der Waals surface area contributed by atoms with Gasteiger partial charge in [0.1, 0.15) is 17.3 Å². The molecule has 0 aliphatic carbocycles. The van der Waals surface area contributed by atoms with Crippen LogP contribution in [0.1, 0.15) is 18.4 Å². The number of aryl methyl sites for hydroxylation is 1. The standard InChI is InChI=1S/C15H15ClN2O3/c1-10-3-6-14(20-10)9-17-18-15(19)11(2)21-13-7-4-12(16)5-8-13/h3-9,11H,1-2H3,(H,18,19). The van der Waals surface area contributed by atoms with Gasteiger partial charge < -0.3 is 9.15 Å². The Bertz CT molecular complexity index is 635. The number of rotatable bonds is 5. The zero-order valence-electron chi connectivity index (χ0n) is 11.7. The zero-order chi connectivity index (χ0) is 15.2. The molecule has 1 aromatic carbocycles. The van der Waals surface area contributed by atoms with Gasteiger partial charge in [0.2, 0.25) is 0 Å². The number of nitrogens with one attached hydrogen (secondary N) is 1. The van der Waals surface area contributed by atoms with Crippen LogP contribution in [0.4, 0.5) is 0 Å². The number of hydrogen-bond donors (Lipinski definition) is 1. The summed E-state index contributed by atoms with van der Waals surface area (Å²) in [5.41, 5.74) is 2.39. The quantitative estimate of drug-likeness (QED) is 0.681. The summed E-state index contributed by atoms with van der Waals surface area (Å²) in [7, 11) is 0. The Hall–Kier alpha value is -2.27. The van der Waals surface area contributed by atoms with Crippen molar-refractivity contribution in [3.63, 3.8) is 0 Å².